The van der Waals surface area contributed by atoms with E-state index in [2.05, 4.69) is 19.2 Å². The summed E-state index contributed by atoms with van der Waals surface area (Å²) in [6.07, 6.45) is 101. The maximum atomic E-state index is 12.6. The molecule has 0 spiro atoms. The number of rotatable bonds is 81. The van der Waals surface area contributed by atoms with Crippen LogP contribution >= 0.6 is 0 Å². The van der Waals surface area contributed by atoms with Crippen LogP contribution in [-0.4, -0.2) is 47.4 Å². The number of hydrogen-bond donors (Lipinski definition) is 3. The van der Waals surface area contributed by atoms with Crippen LogP contribution in [0.15, 0.2) is 0 Å². The molecule has 0 aromatic heterocycles. The Morgan fingerprint density at radius 3 is 0.678 bits per heavy atom. The molecule has 0 saturated heterocycles. The number of amides is 1. The van der Waals surface area contributed by atoms with Gasteiger partial charge in [0.2, 0.25) is 5.91 Å². The predicted molar refractivity (Wildman–Crippen MR) is 398 cm³/mol. The van der Waals surface area contributed by atoms with Gasteiger partial charge in [-0.2, -0.15) is 0 Å². The largest absolute Gasteiger partial charge is 0.466 e. The van der Waals surface area contributed by atoms with Crippen LogP contribution in [0.4, 0.5) is 0 Å². The van der Waals surface area contributed by atoms with E-state index in [0.717, 1.165) is 38.5 Å². The lowest BCUT2D eigenvalue weighted by Crippen LogP contribution is -2.45. The molecule has 0 radical (unpaired) electrons. The second-order valence-electron chi connectivity index (χ2n) is 29.5. The van der Waals surface area contributed by atoms with E-state index in [4.69, 9.17) is 4.74 Å². The smallest absolute Gasteiger partial charge is 0.305 e. The molecule has 6 heteroatoms. The van der Waals surface area contributed by atoms with Gasteiger partial charge >= 0.3 is 5.97 Å². The van der Waals surface area contributed by atoms with Crippen LogP contribution in [0.3, 0.4) is 0 Å². The average molecular weight is 1270 g/mol. The number of unbranched alkanes of at least 4 members (excludes halogenated alkanes) is 70. The molecule has 6 nitrogen and oxygen atoms in total. The number of ether oxygens (including phenoxy) is 1. The first kappa shape index (κ1) is 88.9. The highest BCUT2D eigenvalue weighted by molar-refractivity contribution is 5.76. The van der Waals surface area contributed by atoms with Crippen molar-refractivity contribution in [1.82, 2.24) is 5.32 Å². The van der Waals surface area contributed by atoms with Crippen LogP contribution in [-0.2, 0) is 14.3 Å². The number of carbonyl (C=O) groups excluding carboxylic acids is 2. The van der Waals surface area contributed by atoms with Crippen molar-refractivity contribution in [2.45, 2.75) is 514 Å². The molecule has 2 unspecified atom stereocenters. The van der Waals surface area contributed by atoms with Crippen molar-refractivity contribution >= 4 is 11.9 Å². The fourth-order valence-electron chi connectivity index (χ4n) is 14.0. The Bertz CT molecular complexity index is 1320. The van der Waals surface area contributed by atoms with Gasteiger partial charge in [0.1, 0.15) is 0 Å². The maximum Gasteiger partial charge on any atom is 0.305 e. The lowest BCUT2D eigenvalue weighted by atomic mass is 10.0. The summed E-state index contributed by atoms with van der Waals surface area (Å²) < 4.78 is 5.49. The minimum Gasteiger partial charge on any atom is -0.466 e. The number of nitrogens with one attached hydrogen (secondary N) is 1. The zero-order chi connectivity index (χ0) is 64.9. The number of esters is 1. The molecule has 0 bridgehead atoms. The first-order valence-corrected chi connectivity index (χ1v) is 42.3. The highest BCUT2D eigenvalue weighted by atomic mass is 16.5. The SMILES string of the molecule is CCCCCCCCCCCCCCCCCCCCCCCCCC(O)C(CO)NC(=O)CCCCCCCCCCCCCCCCCCCCCCCCCCCCCCCCCCCCCCCCCOC(=O)CCCCCCCCCCCCC. The maximum absolute atomic E-state index is 12.6. The number of hydrogen-bond acceptors (Lipinski definition) is 5. The Morgan fingerprint density at radius 1 is 0.267 bits per heavy atom. The molecule has 3 N–H and O–H groups in total. The van der Waals surface area contributed by atoms with Crippen molar-refractivity contribution in [3.63, 3.8) is 0 Å². The first-order valence-electron chi connectivity index (χ1n) is 42.3. The summed E-state index contributed by atoms with van der Waals surface area (Å²) in [4.78, 5) is 24.6. The summed E-state index contributed by atoms with van der Waals surface area (Å²) in [5.74, 6) is 0.00303. The van der Waals surface area contributed by atoms with Gasteiger partial charge in [-0.15, -0.1) is 0 Å². The number of aliphatic hydroxyl groups excluding tert-OH is 2. The summed E-state index contributed by atoms with van der Waals surface area (Å²) >= 11 is 0. The van der Waals surface area contributed by atoms with E-state index in [-0.39, 0.29) is 18.5 Å². The van der Waals surface area contributed by atoms with E-state index in [1.54, 1.807) is 0 Å². The number of aliphatic hydroxyl groups is 2. The van der Waals surface area contributed by atoms with Gasteiger partial charge in [-0.3, -0.25) is 9.59 Å². The van der Waals surface area contributed by atoms with Crippen LogP contribution in [0, 0.1) is 0 Å². The molecule has 0 rings (SSSR count). The molecule has 1 amide bonds. The third-order valence-corrected chi connectivity index (χ3v) is 20.4. The zero-order valence-corrected chi connectivity index (χ0v) is 61.9. The molecule has 538 valence electrons. The molecule has 0 aliphatic heterocycles. The molecule has 2 atom stereocenters. The minimum absolute atomic E-state index is 0.0221. The van der Waals surface area contributed by atoms with Gasteiger partial charge in [-0.05, 0) is 25.7 Å². The molecule has 0 heterocycles. The molecular weight excluding hydrogens is 1100 g/mol. The highest BCUT2D eigenvalue weighted by Crippen LogP contribution is 2.21. The Hall–Kier alpha value is -1.14. The van der Waals surface area contributed by atoms with E-state index in [9.17, 15) is 19.8 Å². The summed E-state index contributed by atoms with van der Waals surface area (Å²) in [5, 5.41) is 23.5. The quantitative estimate of drug-likeness (QED) is 0.0417. The lowest BCUT2D eigenvalue weighted by Gasteiger charge is -2.22. The monoisotopic (exact) mass is 1270 g/mol. The molecule has 0 aliphatic carbocycles. The standard InChI is InChI=1S/C84H167NO5/c1-3-5-7-9-11-13-15-16-17-18-19-20-38-41-44-47-50-53-57-60-64-68-72-76-82(87)81(80-86)85-83(88)77-73-69-65-61-58-54-51-48-45-42-39-36-34-32-30-28-26-24-22-21-23-25-27-29-31-33-35-37-40-43-46-49-52-55-59-63-67-71-75-79-90-84(89)78-74-70-66-62-56-14-12-10-8-6-4-2/h81-82,86-87H,3-80H2,1-2H3,(H,85,88). The van der Waals surface area contributed by atoms with Gasteiger partial charge in [0.25, 0.3) is 0 Å². The summed E-state index contributed by atoms with van der Waals surface area (Å²) in [7, 11) is 0. The van der Waals surface area contributed by atoms with E-state index in [1.807, 2.05) is 0 Å². The van der Waals surface area contributed by atoms with Crippen molar-refractivity contribution in [3.8, 4) is 0 Å². The summed E-state index contributed by atoms with van der Waals surface area (Å²) in [5.41, 5.74) is 0. The fraction of sp³-hybridized carbons (Fsp3) is 0.976. The summed E-state index contributed by atoms with van der Waals surface area (Å²) in [6.45, 7) is 5.02. The second kappa shape index (κ2) is 80.3. The van der Waals surface area contributed by atoms with Crippen molar-refractivity contribution in [1.29, 1.82) is 0 Å². The van der Waals surface area contributed by atoms with Crippen LogP contribution < -0.4 is 5.32 Å². The molecular formula is C84H167NO5. The average Bonchev–Trinajstić information content (AvgIpc) is 3.62. The molecule has 0 aromatic carbocycles. The van der Waals surface area contributed by atoms with Gasteiger partial charge in [-0.25, -0.2) is 0 Å². The van der Waals surface area contributed by atoms with Crippen molar-refractivity contribution in [3.05, 3.63) is 0 Å². The molecule has 0 aliphatic rings. The molecule has 0 fully saturated rings. The predicted octanol–water partition coefficient (Wildman–Crippen LogP) is 28.1. The highest BCUT2D eigenvalue weighted by Gasteiger charge is 2.20. The van der Waals surface area contributed by atoms with E-state index >= 15 is 0 Å². The Morgan fingerprint density at radius 2 is 0.456 bits per heavy atom. The van der Waals surface area contributed by atoms with Crippen LogP contribution in [0.25, 0.3) is 0 Å². The Balaban J connectivity index is 3.29. The van der Waals surface area contributed by atoms with Crippen molar-refractivity contribution in [2.24, 2.45) is 0 Å². The van der Waals surface area contributed by atoms with Crippen molar-refractivity contribution in [2.75, 3.05) is 13.2 Å². The third-order valence-electron chi connectivity index (χ3n) is 20.4. The summed E-state index contributed by atoms with van der Waals surface area (Å²) in [6, 6.07) is -0.537. The Kier molecular flexibility index (Phi) is 79.3. The zero-order valence-electron chi connectivity index (χ0n) is 61.9. The van der Waals surface area contributed by atoms with Crippen LogP contribution in [0.1, 0.15) is 502 Å². The van der Waals surface area contributed by atoms with Gasteiger partial charge < -0.3 is 20.3 Å². The first-order chi connectivity index (χ1) is 44.5. The van der Waals surface area contributed by atoms with E-state index in [0.29, 0.717) is 25.9 Å². The normalized spacial score (nSPS) is 12.4. The molecule has 0 aromatic rings. The van der Waals surface area contributed by atoms with Gasteiger partial charge in [0.15, 0.2) is 0 Å². The van der Waals surface area contributed by atoms with E-state index < -0.39 is 12.1 Å². The van der Waals surface area contributed by atoms with Gasteiger partial charge in [0.05, 0.1) is 25.4 Å². The molecule has 90 heavy (non-hydrogen) atoms. The Labute approximate surface area is 566 Å². The lowest BCUT2D eigenvalue weighted by molar-refractivity contribution is -0.143. The van der Waals surface area contributed by atoms with Crippen LogP contribution in [0.2, 0.25) is 0 Å². The van der Waals surface area contributed by atoms with E-state index in [1.165, 1.54) is 430 Å². The van der Waals surface area contributed by atoms with Gasteiger partial charge in [0, 0.05) is 12.8 Å². The van der Waals surface area contributed by atoms with Crippen LogP contribution in [0.5, 0.6) is 0 Å². The minimum atomic E-state index is -0.660. The third kappa shape index (κ3) is 75.9. The second-order valence-corrected chi connectivity index (χ2v) is 29.5. The molecule has 0 saturated carbocycles. The van der Waals surface area contributed by atoms with Gasteiger partial charge in [-0.1, -0.05) is 463 Å². The van der Waals surface area contributed by atoms with Crippen molar-refractivity contribution < 1.29 is 24.5 Å². The fourth-order valence-corrected chi connectivity index (χ4v) is 14.0. The number of carbonyl (C=O) groups is 2. The topological polar surface area (TPSA) is 95.9 Å².